The van der Waals surface area contributed by atoms with Crippen LogP contribution in [0.3, 0.4) is 0 Å². The number of carboxylic acids is 1. The Kier molecular flexibility index (Phi) is 2.47. The lowest BCUT2D eigenvalue weighted by molar-refractivity contribution is -0.139. The zero-order valence-electron chi connectivity index (χ0n) is 9.64. The summed E-state index contributed by atoms with van der Waals surface area (Å²) in [5.74, 6) is 0.274. The van der Waals surface area contributed by atoms with Crippen LogP contribution in [0.5, 0.6) is 11.5 Å². The van der Waals surface area contributed by atoms with Gasteiger partial charge in [-0.15, -0.1) is 0 Å². The molecule has 0 unspecified atom stereocenters. The lowest BCUT2D eigenvalue weighted by Crippen LogP contribution is -2.18. The Hall–Kier alpha value is -2.04. The van der Waals surface area contributed by atoms with Gasteiger partial charge in [-0.1, -0.05) is 0 Å². The number of rotatable bonds is 3. The van der Waals surface area contributed by atoms with E-state index < -0.39 is 12.6 Å². The van der Waals surface area contributed by atoms with E-state index in [9.17, 15) is 9.59 Å². The maximum atomic E-state index is 12.0. The topological polar surface area (TPSA) is 72.8 Å². The average molecular weight is 248 g/mol. The molecular weight excluding hydrogens is 236 g/mol. The number of carbonyl (C=O) groups excluding carboxylic acids is 1. The standard InChI is InChI=1S/C13H12O5/c14-8-2-1-7-5-17-9-3-4-10(13(8)12(7)9)18-6-11(15)16/h3-4,7H,1-2,5-6H2,(H,15,16)/t7-/m1/s1. The first kappa shape index (κ1) is 11.1. The van der Waals surface area contributed by atoms with Crippen molar-refractivity contribution in [2.24, 2.45) is 0 Å². The third-order valence-electron chi connectivity index (χ3n) is 3.37. The Morgan fingerprint density at radius 1 is 1.50 bits per heavy atom. The molecule has 1 aliphatic carbocycles. The van der Waals surface area contributed by atoms with E-state index in [0.717, 1.165) is 17.7 Å². The molecule has 5 heteroatoms. The second kappa shape index (κ2) is 4.01. The van der Waals surface area contributed by atoms with Gasteiger partial charge in [-0.05, 0) is 18.6 Å². The highest BCUT2D eigenvalue weighted by Crippen LogP contribution is 2.46. The van der Waals surface area contributed by atoms with Gasteiger partial charge in [-0.25, -0.2) is 4.79 Å². The van der Waals surface area contributed by atoms with Crippen molar-refractivity contribution in [3.8, 4) is 11.5 Å². The summed E-state index contributed by atoms with van der Waals surface area (Å²) in [6.07, 6.45) is 1.26. The molecule has 1 aliphatic heterocycles. The number of carboxylic acid groups (broad SMARTS) is 1. The molecule has 0 spiro atoms. The minimum atomic E-state index is -1.06. The zero-order chi connectivity index (χ0) is 12.7. The Balaban J connectivity index is 2.04. The van der Waals surface area contributed by atoms with Crippen LogP contribution in [0.4, 0.5) is 0 Å². The molecule has 0 amide bonds. The summed E-state index contributed by atoms with van der Waals surface area (Å²) in [7, 11) is 0. The minimum absolute atomic E-state index is 0.00832. The Bertz CT molecular complexity index is 534. The molecule has 0 radical (unpaired) electrons. The molecule has 0 fully saturated rings. The lowest BCUT2D eigenvalue weighted by atomic mass is 9.83. The van der Waals surface area contributed by atoms with E-state index in [2.05, 4.69) is 0 Å². The summed E-state index contributed by atoms with van der Waals surface area (Å²) in [6, 6.07) is 3.36. The van der Waals surface area contributed by atoms with Gasteiger partial charge in [0.15, 0.2) is 12.4 Å². The quantitative estimate of drug-likeness (QED) is 0.879. The number of hydrogen-bond acceptors (Lipinski definition) is 4. The molecule has 0 bridgehead atoms. The van der Waals surface area contributed by atoms with Crippen molar-refractivity contribution in [1.82, 2.24) is 0 Å². The van der Waals surface area contributed by atoms with Gasteiger partial charge < -0.3 is 14.6 Å². The molecule has 5 nitrogen and oxygen atoms in total. The summed E-state index contributed by atoms with van der Waals surface area (Å²) < 4.78 is 10.7. The second-order valence-electron chi connectivity index (χ2n) is 4.50. The van der Waals surface area contributed by atoms with E-state index in [1.165, 1.54) is 0 Å². The molecule has 1 N–H and O–H groups in total. The number of ether oxygens (including phenoxy) is 2. The van der Waals surface area contributed by atoms with E-state index >= 15 is 0 Å². The predicted molar refractivity (Wildman–Crippen MR) is 61.4 cm³/mol. The molecular formula is C13H12O5. The monoisotopic (exact) mass is 248 g/mol. The number of ketones is 1. The van der Waals surface area contributed by atoms with Crippen molar-refractivity contribution in [3.63, 3.8) is 0 Å². The molecule has 1 aromatic rings. The largest absolute Gasteiger partial charge is 0.493 e. The van der Waals surface area contributed by atoms with Crippen molar-refractivity contribution >= 4 is 11.8 Å². The fraction of sp³-hybridized carbons (Fsp3) is 0.385. The minimum Gasteiger partial charge on any atom is -0.493 e. The van der Waals surface area contributed by atoms with Crippen LogP contribution in [-0.2, 0) is 4.79 Å². The molecule has 94 valence electrons. The Labute approximate surface area is 103 Å². The molecule has 0 aromatic heterocycles. The van der Waals surface area contributed by atoms with E-state index in [1.54, 1.807) is 12.1 Å². The van der Waals surface area contributed by atoms with E-state index in [0.29, 0.717) is 24.3 Å². The van der Waals surface area contributed by atoms with Gasteiger partial charge in [0.05, 0.1) is 12.2 Å². The predicted octanol–water partition coefficient (Wildman–Crippen LogP) is 1.60. The first-order valence-electron chi connectivity index (χ1n) is 5.84. The fourth-order valence-electron chi connectivity index (χ4n) is 2.59. The van der Waals surface area contributed by atoms with E-state index in [4.69, 9.17) is 14.6 Å². The van der Waals surface area contributed by atoms with Crippen LogP contribution in [-0.4, -0.2) is 30.1 Å². The van der Waals surface area contributed by atoms with E-state index in [1.807, 2.05) is 0 Å². The van der Waals surface area contributed by atoms with Crippen molar-refractivity contribution in [1.29, 1.82) is 0 Å². The van der Waals surface area contributed by atoms with Gasteiger partial charge in [0.25, 0.3) is 0 Å². The van der Waals surface area contributed by atoms with Crippen LogP contribution in [0.25, 0.3) is 0 Å². The van der Waals surface area contributed by atoms with Crippen molar-refractivity contribution in [2.75, 3.05) is 13.2 Å². The van der Waals surface area contributed by atoms with Gasteiger partial charge in [-0.3, -0.25) is 4.79 Å². The summed E-state index contributed by atoms with van der Waals surface area (Å²) in [5.41, 5.74) is 1.41. The summed E-state index contributed by atoms with van der Waals surface area (Å²) in [4.78, 5) is 22.5. The maximum Gasteiger partial charge on any atom is 0.341 e. The Morgan fingerprint density at radius 2 is 2.33 bits per heavy atom. The van der Waals surface area contributed by atoms with Crippen LogP contribution in [0.1, 0.15) is 34.7 Å². The maximum absolute atomic E-state index is 12.0. The molecule has 0 saturated heterocycles. The summed E-state index contributed by atoms with van der Waals surface area (Å²) >= 11 is 0. The molecule has 1 atom stereocenters. The number of Topliss-reactive ketones (excluding diaryl/α,β-unsaturated/α-hetero) is 1. The van der Waals surface area contributed by atoms with E-state index in [-0.39, 0.29) is 11.7 Å². The average Bonchev–Trinajstić information content (AvgIpc) is 2.76. The molecule has 3 rings (SSSR count). The van der Waals surface area contributed by atoms with Crippen LogP contribution in [0, 0.1) is 0 Å². The van der Waals surface area contributed by atoms with Crippen molar-refractivity contribution in [3.05, 3.63) is 23.3 Å². The first-order valence-corrected chi connectivity index (χ1v) is 5.84. The van der Waals surface area contributed by atoms with Crippen LogP contribution in [0.15, 0.2) is 12.1 Å². The molecule has 2 aliphatic rings. The highest BCUT2D eigenvalue weighted by atomic mass is 16.5. The number of benzene rings is 1. The number of carbonyl (C=O) groups is 2. The SMILES string of the molecule is O=C(O)COc1ccc2c3c1C(=O)CC[C@@H]3CO2. The Morgan fingerprint density at radius 3 is 3.11 bits per heavy atom. The van der Waals surface area contributed by atoms with Crippen molar-refractivity contribution in [2.45, 2.75) is 18.8 Å². The van der Waals surface area contributed by atoms with Gasteiger partial charge in [-0.2, -0.15) is 0 Å². The lowest BCUT2D eigenvalue weighted by Gasteiger charge is -2.20. The number of aliphatic carboxylic acids is 1. The molecule has 1 aromatic carbocycles. The molecule has 1 heterocycles. The third-order valence-corrected chi connectivity index (χ3v) is 3.37. The highest BCUT2D eigenvalue weighted by Gasteiger charge is 2.36. The van der Waals surface area contributed by atoms with Crippen LogP contribution < -0.4 is 9.47 Å². The smallest absolute Gasteiger partial charge is 0.341 e. The van der Waals surface area contributed by atoms with Crippen LogP contribution in [0.2, 0.25) is 0 Å². The molecule has 0 saturated carbocycles. The van der Waals surface area contributed by atoms with Gasteiger partial charge >= 0.3 is 5.97 Å². The summed E-state index contributed by atoms with van der Waals surface area (Å²) in [6.45, 7) is 0.155. The normalized spacial score (nSPS) is 20.2. The second-order valence-corrected chi connectivity index (χ2v) is 4.50. The number of hydrogen-bond donors (Lipinski definition) is 1. The van der Waals surface area contributed by atoms with Gasteiger partial charge in [0.2, 0.25) is 0 Å². The molecule has 18 heavy (non-hydrogen) atoms. The van der Waals surface area contributed by atoms with Crippen LogP contribution >= 0.6 is 0 Å². The van der Waals surface area contributed by atoms with Crippen molar-refractivity contribution < 1.29 is 24.2 Å². The third kappa shape index (κ3) is 1.63. The first-order chi connectivity index (χ1) is 8.66. The van der Waals surface area contributed by atoms with Gasteiger partial charge in [0, 0.05) is 17.9 Å². The van der Waals surface area contributed by atoms with Gasteiger partial charge in [0.1, 0.15) is 11.5 Å². The summed E-state index contributed by atoms with van der Waals surface area (Å²) in [5, 5.41) is 8.63. The highest BCUT2D eigenvalue weighted by molar-refractivity contribution is 6.02. The zero-order valence-corrected chi connectivity index (χ0v) is 9.64. The fourth-order valence-corrected chi connectivity index (χ4v) is 2.59.